The summed E-state index contributed by atoms with van der Waals surface area (Å²) >= 11 is 0. The molecule has 0 radical (unpaired) electrons. The van der Waals surface area contributed by atoms with Crippen molar-refractivity contribution in [3.63, 3.8) is 0 Å². The highest BCUT2D eigenvalue weighted by Crippen LogP contribution is 1.92. The number of hydrogen-bond acceptors (Lipinski definition) is 3. The van der Waals surface area contributed by atoms with Crippen LogP contribution in [0.25, 0.3) is 0 Å². The molecule has 0 atom stereocenters. The van der Waals surface area contributed by atoms with Crippen LogP contribution in [0, 0.1) is 0 Å². The van der Waals surface area contributed by atoms with Crippen LogP contribution in [0.4, 0.5) is 0 Å². The van der Waals surface area contributed by atoms with E-state index >= 15 is 0 Å². The first-order valence-electron chi connectivity index (χ1n) is 3.15. The standard InChI is InChI=1S/C6H15NO2/c1-6(2)7(3)9-5-4-8/h6,8H,4-5H2,1-3H3. The van der Waals surface area contributed by atoms with E-state index in [1.54, 1.807) is 5.06 Å². The maximum atomic E-state index is 8.35. The first-order chi connectivity index (χ1) is 4.18. The molecule has 0 spiro atoms. The first kappa shape index (κ1) is 8.88. The van der Waals surface area contributed by atoms with Gasteiger partial charge in [0.2, 0.25) is 0 Å². The topological polar surface area (TPSA) is 32.7 Å². The molecule has 0 amide bonds. The van der Waals surface area contributed by atoms with Crippen molar-refractivity contribution in [2.45, 2.75) is 19.9 Å². The van der Waals surface area contributed by atoms with E-state index in [2.05, 4.69) is 0 Å². The average molecular weight is 133 g/mol. The third kappa shape index (κ3) is 4.39. The normalized spacial score (nSPS) is 11.3. The number of rotatable bonds is 4. The summed E-state index contributed by atoms with van der Waals surface area (Å²) in [7, 11) is 1.85. The maximum absolute atomic E-state index is 8.35. The van der Waals surface area contributed by atoms with Crippen molar-refractivity contribution in [2.24, 2.45) is 0 Å². The van der Waals surface area contributed by atoms with Gasteiger partial charge in [0.05, 0.1) is 13.2 Å². The van der Waals surface area contributed by atoms with Gasteiger partial charge in [-0.15, -0.1) is 0 Å². The molecule has 0 aliphatic heterocycles. The van der Waals surface area contributed by atoms with Crippen LogP contribution in [-0.2, 0) is 4.84 Å². The fourth-order valence-electron chi connectivity index (χ4n) is 0.334. The van der Waals surface area contributed by atoms with Crippen LogP contribution in [0.2, 0.25) is 0 Å². The molecule has 3 heteroatoms. The Hall–Kier alpha value is -0.120. The molecule has 3 nitrogen and oxygen atoms in total. The SMILES string of the molecule is CC(C)N(C)OCCO. The lowest BCUT2D eigenvalue weighted by atomic mass is 10.4. The van der Waals surface area contributed by atoms with Gasteiger partial charge in [-0.05, 0) is 13.8 Å². The minimum absolute atomic E-state index is 0.0804. The number of hydrogen-bond donors (Lipinski definition) is 1. The van der Waals surface area contributed by atoms with Gasteiger partial charge < -0.3 is 5.11 Å². The average Bonchev–Trinajstić information content (AvgIpc) is 1.82. The van der Waals surface area contributed by atoms with E-state index < -0.39 is 0 Å². The van der Waals surface area contributed by atoms with Gasteiger partial charge in [0, 0.05) is 13.1 Å². The molecule has 0 rings (SSSR count). The van der Waals surface area contributed by atoms with Gasteiger partial charge in [-0.1, -0.05) is 0 Å². The lowest BCUT2D eigenvalue weighted by molar-refractivity contribution is -0.166. The van der Waals surface area contributed by atoms with Gasteiger partial charge in [0.25, 0.3) is 0 Å². The second kappa shape index (κ2) is 4.73. The summed E-state index contributed by atoms with van der Waals surface area (Å²) in [4.78, 5) is 5.04. The van der Waals surface area contributed by atoms with E-state index in [9.17, 15) is 0 Å². The molecule has 56 valence electrons. The van der Waals surface area contributed by atoms with E-state index in [0.717, 1.165) is 0 Å². The summed E-state index contributed by atoms with van der Waals surface area (Å²) in [6.07, 6.45) is 0. The summed E-state index contributed by atoms with van der Waals surface area (Å²) in [5.41, 5.74) is 0. The molecule has 0 aromatic rings. The predicted molar refractivity (Wildman–Crippen MR) is 35.9 cm³/mol. The quantitative estimate of drug-likeness (QED) is 0.558. The zero-order valence-corrected chi connectivity index (χ0v) is 6.29. The highest BCUT2D eigenvalue weighted by atomic mass is 16.7. The fraction of sp³-hybridized carbons (Fsp3) is 1.00. The van der Waals surface area contributed by atoms with Crippen LogP contribution < -0.4 is 0 Å². The lowest BCUT2D eigenvalue weighted by Gasteiger charge is -2.19. The molecular formula is C6H15NO2. The third-order valence-corrected chi connectivity index (χ3v) is 1.11. The molecule has 0 bridgehead atoms. The molecule has 0 saturated heterocycles. The van der Waals surface area contributed by atoms with E-state index in [-0.39, 0.29) is 6.61 Å². The van der Waals surface area contributed by atoms with Crippen LogP contribution in [0.15, 0.2) is 0 Å². The largest absolute Gasteiger partial charge is 0.394 e. The summed E-state index contributed by atoms with van der Waals surface area (Å²) in [5.74, 6) is 0. The van der Waals surface area contributed by atoms with Crippen molar-refractivity contribution in [1.82, 2.24) is 5.06 Å². The van der Waals surface area contributed by atoms with Crippen molar-refractivity contribution >= 4 is 0 Å². The zero-order valence-electron chi connectivity index (χ0n) is 6.29. The second-order valence-corrected chi connectivity index (χ2v) is 2.20. The predicted octanol–water partition coefficient (Wildman–Crippen LogP) is 0.251. The van der Waals surface area contributed by atoms with Crippen LogP contribution in [0.3, 0.4) is 0 Å². The number of hydroxylamine groups is 2. The molecule has 9 heavy (non-hydrogen) atoms. The number of aliphatic hydroxyl groups is 1. The van der Waals surface area contributed by atoms with E-state index in [1.165, 1.54) is 0 Å². The van der Waals surface area contributed by atoms with E-state index in [0.29, 0.717) is 12.6 Å². The zero-order chi connectivity index (χ0) is 7.28. The highest BCUT2D eigenvalue weighted by Gasteiger charge is 2.00. The smallest absolute Gasteiger partial charge is 0.0916 e. The van der Waals surface area contributed by atoms with E-state index in [4.69, 9.17) is 9.94 Å². The Morgan fingerprint density at radius 2 is 2.11 bits per heavy atom. The Bertz CT molecular complexity index is 66.1. The fourth-order valence-corrected chi connectivity index (χ4v) is 0.334. The third-order valence-electron chi connectivity index (χ3n) is 1.11. The van der Waals surface area contributed by atoms with Crippen LogP contribution in [0.5, 0.6) is 0 Å². The van der Waals surface area contributed by atoms with Gasteiger partial charge in [-0.3, -0.25) is 4.84 Å². The Balaban J connectivity index is 3.16. The molecule has 0 aliphatic rings. The Morgan fingerprint density at radius 3 is 2.44 bits per heavy atom. The Labute approximate surface area is 56.2 Å². The van der Waals surface area contributed by atoms with E-state index in [1.807, 2.05) is 20.9 Å². The minimum Gasteiger partial charge on any atom is -0.394 e. The molecule has 0 unspecified atom stereocenters. The summed E-state index contributed by atoms with van der Waals surface area (Å²) in [6, 6.07) is 0.372. The van der Waals surface area contributed by atoms with Crippen molar-refractivity contribution in [3.8, 4) is 0 Å². The van der Waals surface area contributed by atoms with Crippen LogP contribution in [0.1, 0.15) is 13.8 Å². The first-order valence-corrected chi connectivity index (χ1v) is 3.15. The molecule has 0 aliphatic carbocycles. The monoisotopic (exact) mass is 133 g/mol. The van der Waals surface area contributed by atoms with Gasteiger partial charge in [-0.25, -0.2) is 0 Å². The van der Waals surface area contributed by atoms with Gasteiger partial charge in [-0.2, -0.15) is 5.06 Å². The van der Waals surface area contributed by atoms with Crippen molar-refractivity contribution in [3.05, 3.63) is 0 Å². The highest BCUT2D eigenvalue weighted by molar-refractivity contribution is 4.42. The molecular weight excluding hydrogens is 118 g/mol. The Morgan fingerprint density at radius 1 is 1.56 bits per heavy atom. The maximum Gasteiger partial charge on any atom is 0.0916 e. The summed E-state index contributed by atoms with van der Waals surface area (Å²) in [5, 5.41) is 10.1. The molecule has 0 aromatic carbocycles. The van der Waals surface area contributed by atoms with Crippen molar-refractivity contribution in [2.75, 3.05) is 20.3 Å². The van der Waals surface area contributed by atoms with Gasteiger partial charge >= 0.3 is 0 Å². The van der Waals surface area contributed by atoms with Crippen LogP contribution in [-0.4, -0.2) is 36.5 Å². The minimum atomic E-state index is 0.0804. The number of nitrogens with zero attached hydrogens (tertiary/aromatic N) is 1. The summed E-state index contributed by atoms with van der Waals surface area (Å²) in [6.45, 7) is 4.51. The molecule has 0 aromatic heterocycles. The Kier molecular flexibility index (Phi) is 4.67. The summed E-state index contributed by atoms with van der Waals surface area (Å²) < 4.78 is 0. The number of aliphatic hydroxyl groups excluding tert-OH is 1. The molecule has 0 saturated carbocycles. The lowest BCUT2D eigenvalue weighted by Crippen LogP contribution is -2.27. The molecule has 1 N–H and O–H groups in total. The molecule has 0 fully saturated rings. The van der Waals surface area contributed by atoms with Crippen molar-refractivity contribution in [1.29, 1.82) is 0 Å². The molecule has 0 heterocycles. The van der Waals surface area contributed by atoms with Gasteiger partial charge in [0.15, 0.2) is 0 Å². The second-order valence-electron chi connectivity index (χ2n) is 2.20. The van der Waals surface area contributed by atoms with Gasteiger partial charge in [0.1, 0.15) is 0 Å². The van der Waals surface area contributed by atoms with Crippen LogP contribution >= 0.6 is 0 Å². The van der Waals surface area contributed by atoms with Crippen molar-refractivity contribution < 1.29 is 9.94 Å².